The maximum atomic E-state index is 13.3. The number of aryl methyl sites for hydroxylation is 1. The number of nitrogens with one attached hydrogen (secondary N) is 1. The summed E-state index contributed by atoms with van der Waals surface area (Å²) in [5, 5.41) is 3.54. The zero-order valence-corrected chi connectivity index (χ0v) is 14.0. The predicted octanol–water partition coefficient (Wildman–Crippen LogP) is 4.58. The Kier molecular flexibility index (Phi) is 5.88. The minimum absolute atomic E-state index is 0.190. The predicted molar refractivity (Wildman–Crippen MR) is 87.8 cm³/mol. The number of halogens is 2. The Labute approximate surface area is 133 Å². The van der Waals surface area contributed by atoms with E-state index in [0.717, 1.165) is 36.2 Å². The van der Waals surface area contributed by atoms with Crippen LogP contribution in [0.3, 0.4) is 0 Å². The van der Waals surface area contributed by atoms with E-state index in [9.17, 15) is 4.39 Å². The molecule has 2 aromatic rings. The molecule has 1 unspecified atom stereocenters. The van der Waals surface area contributed by atoms with Crippen LogP contribution >= 0.6 is 15.9 Å². The fraction of sp³-hybridized carbons (Fsp3) is 0.353. The van der Waals surface area contributed by atoms with E-state index in [1.54, 1.807) is 0 Å². The van der Waals surface area contributed by atoms with E-state index in [-0.39, 0.29) is 11.9 Å². The van der Waals surface area contributed by atoms with Gasteiger partial charge in [-0.05, 0) is 71.6 Å². The molecule has 0 spiro atoms. The van der Waals surface area contributed by atoms with E-state index in [0.29, 0.717) is 4.47 Å². The van der Waals surface area contributed by atoms with Crippen LogP contribution in [-0.2, 0) is 6.42 Å². The smallest absolute Gasteiger partial charge is 0.137 e. The standard InChI is InChI=1S/C17H20BrFN2/c1-3-8-20-17(14-6-4-12(2)21-11-14)10-13-5-7-16(19)15(18)9-13/h4-7,9,11,17,20H,3,8,10H2,1-2H3. The van der Waals surface area contributed by atoms with Crippen molar-refractivity contribution in [2.75, 3.05) is 6.54 Å². The molecule has 112 valence electrons. The number of pyridine rings is 1. The average Bonchev–Trinajstić information content (AvgIpc) is 2.48. The molecule has 2 nitrogen and oxygen atoms in total. The third-order valence-electron chi connectivity index (χ3n) is 3.40. The molecule has 4 heteroatoms. The van der Waals surface area contributed by atoms with Gasteiger partial charge < -0.3 is 5.32 Å². The van der Waals surface area contributed by atoms with E-state index < -0.39 is 0 Å². The lowest BCUT2D eigenvalue weighted by Gasteiger charge is -2.19. The number of hydrogen-bond donors (Lipinski definition) is 1. The quantitative estimate of drug-likeness (QED) is 0.824. The molecular weight excluding hydrogens is 331 g/mol. The van der Waals surface area contributed by atoms with Gasteiger partial charge in [0.2, 0.25) is 0 Å². The van der Waals surface area contributed by atoms with Crippen LogP contribution in [0.5, 0.6) is 0 Å². The van der Waals surface area contributed by atoms with Gasteiger partial charge in [0.1, 0.15) is 5.82 Å². The largest absolute Gasteiger partial charge is 0.310 e. The highest BCUT2D eigenvalue weighted by Crippen LogP contribution is 2.22. The SMILES string of the molecule is CCCNC(Cc1ccc(F)c(Br)c1)c1ccc(C)nc1. The molecule has 0 aliphatic rings. The molecule has 0 fully saturated rings. The fourth-order valence-electron chi connectivity index (χ4n) is 2.21. The molecule has 0 bridgehead atoms. The Morgan fingerprint density at radius 2 is 2.10 bits per heavy atom. The second kappa shape index (κ2) is 7.66. The summed E-state index contributed by atoms with van der Waals surface area (Å²) in [7, 11) is 0. The summed E-state index contributed by atoms with van der Waals surface area (Å²) in [6.45, 7) is 5.07. The van der Waals surface area contributed by atoms with Crippen molar-refractivity contribution in [2.24, 2.45) is 0 Å². The van der Waals surface area contributed by atoms with E-state index in [1.165, 1.54) is 6.07 Å². The van der Waals surface area contributed by atoms with E-state index >= 15 is 0 Å². The van der Waals surface area contributed by atoms with Gasteiger partial charge in [-0.1, -0.05) is 19.1 Å². The van der Waals surface area contributed by atoms with Gasteiger partial charge in [0.05, 0.1) is 4.47 Å². The summed E-state index contributed by atoms with van der Waals surface area (Å²) < 4.78 is 13.8. The van der Waals surface area contributed by atoms with Crippen molar-refractivity contribution < 1.29 is 4.39 Å². The van der Waals surface area contributed by atoms with Crippen molar-refractivity contribution in [1.82, 2.24) is 10.3 Å². The van der Waals surface area contributed by atoms with Crippen LogP contribution in [0.2, 0.25) is 0 Å². The molecule has 1 atom stereocenters. The third kappa shape index (κ3) is 4.61. The molecule has 1 heterocycles. The molecule has 0 aliphatic heterocycles. The Balaban J connectivity index is 2.19. The molecule has 0 radical (unpaired) electrons. The van der Waals surface area contributed by atoms with Gasteiger partial charge in [-0.25, -0.2) is 4.39 Å². The second-order valence-corrected chi connectivity index (χ2v) is 6.05. The van der Waals surface area contributed by atoms with Crippen LogP contribution in [-0.4, -0.2) is 11.5 Å². The lowest BCUT2D eigenvalue weighted by Crippen LogP contribution is -2.24. The summed E-state index contributed by atoms with van der Waals surface area (Å²) in [6.07, 6.45) is 3.80. The Morgan fingerprint density at radius 3 is 2.71 bits per heavy atom. The number of aromatic nitrogens is 1. The highest BCUT2D eigenvalue weighted by atomic mass is 79.9. The summed E-state index contributed by atoms with van der Waals surface area (Å²) in [5.41, 5.74) is 3.27. The Bertz CT molecular complexity index is 584. The third-order valence-corrected chi connectivity index (χ3v) is 4.01. The fourth-order valence-corrected chi connectivity index (χ4v) is 2.64. The molecule has 1 N–H and O–H groups in total. The van der Waals surface area contributed by atoms with Gasteiger partial charge in [-0.15, -0.1) is 0 Å². The maximum absolute atomic E-state index is 13.3. The highest BCUT2D eigenvalue weighted by Gasteiger charge is 2.13. The van der Waals surface area contributed by atoms with Gasteiger partial charge in [0, 0.05) is 17.9 Å². The van der Waals surface area contributed by atoms with E-state index in [4.69, 9.17) is 0 Å². The van der Waals surface area contributed by atoms with Crippen LogP contribution in [0.1, 0.15) is 36.2 Å². The lowest BCUT2D eigenvalue weighted by molar-refractivity contribution is 0.527. The minimum atomic E-state index is -0.228. The van der Waals surface area contributed by atoms with E-state index in [1.807, 2.05) is 31.3 Å². The average molecular weight is 351 g/mol. The molecule has 0 aliphatic carbocycles. The first kappa shape index (κ1) is 16.1. The van der Waals surface area contributed by atoms with Crippen LogP contribution < -0.4 is 5.32 Å². The highest BCUT2D eigenvalue weighted by molar-refractivity contribution is 9.10. The monoisotopic (exact) mass is 350 g/mol. The maximum Gasteiger partial charge on any atom is 0.137 e. The topological polar surface area (TPSA) is 24.9 Å². The van der Waals surface area contributed by atoms with Crippen molar-refractivity contribution in [3.63, 3.8) is 0 Å². The van der Waals surface area contributed by atoms with Crippen molar-refractivity contribution in [1.29, 1.82) is 0 Å². The minimum Gasteiger partial charge on any atom is -0.310 e. The molecule has 0 amide bonds. The normalized spacial score (nSPS) is 12.4. The van der Waals surface area contributed by atoms with Crippen molar-refractivity contribution >= 4 is 15.9 Å². The van der Waals surface area contributed by atoms with Crippen molar-refractivity contribution in [3.05, 3.63) is 63.6 Å². The Hall–Kier alpha value is -1.26. The van der Waals surface area contributed by atoms with Gasteiger partial charge in [0.15, 0.2) is 0 Å². The molecule has 1 aromatic carbocycles. The first-order valence-corrected chi connectivity index (χ1v) is 7.99. The summed E-state index contributed by atoms with van der Waals surface area (Å²) in [5.74, 6) is -0.228. The molecule has 0 saturated carbocycles. The molecule has 21 heavy (non-hydrogen) atoms. The van der Waals surface area contributed by atoms with Crippen LogP contribution in [0.25, 0.3) is 0 Å². The zero-order valence-electron chi connectivity index (χ0n) is 12.4. The van der Waals surface area contributed by atoms with Gasteiger partial charge in [-0.2, -0.15) is 0 Å². The Morgan fingerprint density at radius 1 is 1.29 bits per heavy atom. The van der Waals surface area contributed by atoms with Gasteiger partial charge in [-0.3, -0.25) is 4.98 Å². The molecular formula is C17H20BrFN2. The van der Waals surface area contributed by atoms with Gasteiger partial charge in [0.25, 0.3) is 0 Å². The molecule has 2 rings (SSSR count). The van der Waals surface area contributed by atoms with Gasteiger partial charge >= 0.3 is 0 Å². The second-order valence-electron chi connectivity index (χ2n) is 5.19. The number of benzene rings is 1. The summed E-state index contributed by atoms with van der Waals surface area (Å²) in [4.78, 5) is 4.37. The first-order chi connectivity index (χ1) is 10.1. The van der Waals surface area contributed by atoms with E-state index in [2.05, 4.69) is 39.2 Å². The molecule has 1 aromatic heterocycles. The lowest BCUT2D eigenvalue weighted by atomic mass is 10.00. The van der Waals surface area contributed by atoms with Crippen molar-refractivity contribution in [2.45, 2.75) is 32.7 Å². The zero-order chi connectivity index (χ0) is 15.2. The summed E-state index contributed by atoms with van der Waals surface area (Å²) >= 11 is 3.25. The molecule has 0 saturated heterocycles. The van der Waals surface area contributed by atoms with Crippen LogP contribution in [0.15, 0.2) is 41.0 Å². The summed E-state index contributed by atoms with van der Waals surface area (Å²) in [6, 6.07) is 9.50. The van der Waals surface area contributed by atoms with Crippen molar-refractivity contribution in [3.8, 4) is 0 Å². The first-order valence-electron chi connectivity index (χ1n) is 7.20. The van der Waals surface area contributed by atoms with Crippen LogP contribution in [0, 0.1) is 12.7 Å². The number of nitrogens with zero attached hydrogens (tertiary/aromatic N) is 1. The number of hydrogen-bond acceptors (Lipinski definition) is 2. The number of rotatable bonds is 6. The van der Waals surface area contributed by atoms with Crippen LogP contribution in [0.4, 0.5) is 4.39 Å².